The third kappa shape index (κ3) is 5.50. The number of rotatable bonds is 6. The fourth-order valence-corrected chi connectivity index (χ4v) is 6.67. The summed E-state index contributed by atoms with van der Waals surface area (Å²) in [6.07, 6.45) is 3.91. The first-order chi connectivity index (χ1) is 20.4. The molecule has 1 aliphatic rings. The van der Waals surface area contributed by atoms with Crippen molar-refractivity contribution in [1.82, 2.24) is 24.4 Å². The lowest BCUT2D eigenvalue weighted by atomic mass is 10.1. The van der Waals surface area contributed by atoms with Gasteiger partial charge < -0.3 is 9.80 Å². The molecule has 43 heavy (non-hydrogen) atoms. The quantitative estimate of drug-likeness (QED) is 0.282. The number of aromatic nitrogens is 4. The van der Waals surface area contributed by atoms with Gasteiger partial charge in [0, 0.05) is 38.1 Å². The van der Waals surface area contributed by atoms with Gasteiger partial charge >= 0.3 is 5.69 Å². The fourth-order valence-electron chi connectivity index (χ4n) is 5.30. The molecule has 0 radical (unpaired) electrons. The number of benzene rings is 1. The lowest BCUT2D eigenvalue weighted by Crippen LogP contribution is -2.54. The van der Waals surface area contributed by atoms with Gasteiger partial charge in [-0.1, -0.05) is 42.8 Å². The Balaban J connectivity index is 1.88. The highest BCUT2D eigenvalue weighted by molar-refractivity contribution is 7.90. The van der Waals surface area contributed by atoms with E-state index < -0.39 is 21.3 Å². The molecular weight excluding hydrogens is 618 g/mol. The number of carbonyl (C=O) groups is 1. The molecule has 0 aliphatic carbocycles. The van der Waals surface area contributed by atoms with Crippen LogP contribution in [0.3, 0.4) is 0 Å². The van der Waals surface area contributed by atoms with Crippen LogP contribution in [0.1, 0.15) is 19.5 Å². The number of carbonyl (C=O) groups excluding carboxylic acids is 1. The van der Waals surface area contributed by atoms with Gasteiger partial charge in [0.15, 0.2) is 15.5 Å². The van der Waals surface area contributed by atoms with Gasteiger partial charge in [0.2, 0.25) is 5.91 Å². The van der Waals surface area contributed by atoms with E-state index in [1.165, 1.54) is 42.6 Å². The van der Waals surface area contributed by atoms with Crippen LogP contribution in [0.2, 0.25) is 10.0 Å². The highest BCUT2D eigenvalue weighted by Gasteiger charge is 2.31. The van der Waals surface area contributed by atoms with Crippen molar-refractivity contribution in [2.24, 2.45) is 0 Å². The molecule has 5 rings (SSSR count). The smallest absolute Gasteiger partial charge is 0.350 e. The summed E-state index contributed by atoms with van der Waals surface area (Å²) in [4.78, 5) is 43.0. The summed E-state index contributed by atoms with van der Waals surface area (Å²) in [6, 6.07) is 6.66. The molecule has 1 aliphatic heterocycles. The summed E-state index contributed by atoms with van der Waals surface area (Å²) in [5, 5.41) is 0.383. The second kappa shape index (κ2) is 11.7. The van der Waals surface area contributed by atoms with E-state index in [0.717, 1.165) is 10.8 Å². The van der Waals surface area contributed by atoms with E-state index in [2.05, 4.69) is 21.5 Å². The van der Waals surface area contributed by atoms with Crippen LogP contribution in [0, 0.1) is 5.82 Å². The van der Waals surface area contributed by atoms with E-state index in [1.54, 1.807) is 11.8 Å². The van der Waals surface area contributed by atoms with Crippen molar-refractivity contribution in [3.05, 3.63) is 81.2 Å². The number of halogens is 3. The van der Waals surface area contributed by atoms with Crippen molar-refractivity contribution in [2.75, 3.05) is 30.8 Å². The molecule has 1 saturated heterocycles. The Morgan fingerprint density at radius 3 is 2.56 bits per heavy atom. The molecule has 10 nitrogen and oxygen atoms in total. The van der Waals surface area contributed by atoms with Crippen LogP contribution >= 0.6 is 23.2 Å². The predicted octanol–water partition coefficient (Wildman–Crippen LogP) is 4.48. The van der Waals surface area contributed by atoms with Gasteiger partial charge in [-0.2, -0.15) is 4.98 Å². The molecule has 4 aromatic rings. The van der Waals surface area contributed by atoms with E-state index >= 15 is 4.39 Å². The highest BCUT2D eigenvalue weighted by Crippen LogP contribution is 2.38. The number of hydrogen-bond acceptors (Lipinski definition) is 8. The van der Waals surface area contributed by atoms with Gasteiger partial charge in [-0.05, 0) is 43.7 Å². The number of anilines is 1. The molecule has 1 fully saturated rings. The maximum atomic E-state index is 15.1. The van der Waals surface area contributed by atoms with Crippen molar-refractivity contribution in [3.63, 3.8) is 0 Å². The summed E-state index contributed by atoms with van der Waals surface area (Å²) in [5.41, 5.74) is -0.654. The average molecular weight is 646 g/mol. The van der Waals surface area contributed by atoms with Crippen molar-refractivity contribution in [1.29, 1.82) is 0 Å². The lowest BCUT2D eigenvalue weighted by Gasteiger charge is -2.40. The SMILES string of the molecule is C=CC(=O)N1CCN(c2nc(=O)n(-c3c(S(C)(=O)=O)ccnc3CC)c3nc(-c4c(F)cccc4Cl)c(Cl)cc23)[C@@H](C)C1. The Morgan fingerprint density at radius 1 is 1.19 bits per heavy atom. The zero-order valence-corrected chi connectivity index (χ0v) is 25.8. The number of pyridine rings is 2. The topological polar surface area (TPSA) is 118 Å². The molecule has 4 heterocycles. The number of amides is 1. The van der Waals surface area contributed by atoms with Crippen LogP contribution in [-0.2, 0) is 21.1 Å². The molecule has 0 spiro atoms. The molecule has 0 unspecified atom stereocenters. The largest absolute Gasteiger partial charge is 0.355 e. The second-order valence-corrected chi connectivity index (χ2v) is 12.9. The molecular formula is C29H27Cl2FN6O4S. The summed E-state index contributed by atoms with van der Waals surface area (Å²) in [7, 11) is -3.86. The maximum absolute atomic E-state index is 15.1. The molecule has 224 valence electrons. The summed E-state index contributed by atoms with van der Waals surface area (Å²) < 4.78 is 42.0. The number of piperazine rings is 1. The summed E-state index contributed by atoms with van der Waals surface area (Å²) in [6.45, 7) is 8.20. The van der Waals surface area contributed by atoms with Gasteiger partial charge in [0.25, 0.3) is 0 Å². The summed E-state index contributed by atoms with van der Waals surface area (Å²) >= 11 is 13.1. The lowest BCUT2D eigenvalue weighted by molar-refractivity contribution is -0.126. The van der Waals surface area contributed by atoms with Crippen LogP contribution in [0.5, 0.6) is 0 Å². The molecule has 14 heteroatoms. The van der Waals surface area contributed by atoms with Crippen molar-refractivity contribution >= 4 is 55.8 Å². The van der Waals surface area contributed by atoms with Crippen LogP contribution < -0.4 is 10.6 Å². The minimum absolute atomic E-state index is 0.00333. The average Bonchev–Trinajstić information content (AvgIpc) is 2.96. The van der Waals surface area contributed by atoms with E-state index in [9.17, 15) is 18.0 Å². The molecule has 0 N–H and O–H groups in total. The number of hydrogen-bond donors (Lipinski definition) is 0. The number of sulfone groups is 1. The van der Waals surface area contributed by atoms with Crippen LogP contribution in [0.4, 0.5) is 10.2 Å². The summed E-state index contributed by atoms with van der Waals surface area (Å²) in [5.74, 6) is -0.667. The Kier molecular flexibility index (Phi) is 8.30. The first-order valence-corrected chi connectivity index (χ1v) is 16.0. The minimum atomic E-state index is -3.86. The molecule has 3 aromatic heterocycles. The molecule has 0 saturated carbocycles. The van der Waals surface area contributed by atoms with Gasteiger partial charge in [-0.3, -0.25) is 9.78 Å². The molecule has 0 bridgehead atoms. The Hall–Kier alpha value is -3.87. The standard InChI is InChI=1S/C29H27Cl2FN6O4S/c1-5-21-26(22(10-11-33-21)43(4,41)42)38-28-17(14-19(31)25(34-28)24-18(30)8-7-9-20(24)32)27(35-29(38)40)37-13-12-36(15-16(37)3)23(39)6-2/h6-11,14,16H,2,5,12-13,15H2,1,3-4H3/t16-/m0/s1. The van der Waals surface area contributed by atoms with Crippen LogP contribution in [0.15, 0.2) is 58.9 Å². The Labute approximate surface area is 257 Å². The maximum Gasteiger partial charge on any atom is 0.355 e. The van der Waals surface area contributed by atoms with Crippen LogP contribution in [0.25, 0.3) is 28.0 Å². The normalized spacial score (nSPS) is 15.6. The van der Waals surface area contributed by atoms with Gasteiger partial charge in [-0.15, -0.1) is 0 Å². The predicted molar refractivity (Wildman–Crippen MR) is 164 cm³/mol. The first-order valence-electron chi connectivity index (χ1n) is 13.3. The minimum Gasteiger partial charge on any atom is -0.350 e. The third-order valence-corrected chi connectivity index (χ3v) is 9.04. The number of aryl methyl sites for hydroxylation is 1. The van der Waals surface area contributed by atoms with Gasteiger partial charge in [0.1, 0.15) is 11.6 Å². The molecule has 1 atom stereocenters. The monoisotopic (exact) mass is 644 g/mol. The first kappa shape index (κ1) is 30.6. The second-order valence-electron chi connectivity index (χ2n) is 10.1. The number of nitrogens with zero attached hydrogens (tertiary/aromatic N) is 6. The van der Waals surface area contributed by atoms with E-state index in [-0.39, 0.29) is 61.7 Å². The van der Waals surface area contributed by atoms with E-state index in [1.807, 2.05) is 11.8 Å². The Morgan fingerprint density at radius 2 is 1.93 bits per heavy atom. The Bertz CT molecular complexity index is 1950. The fraction of sp³-hybridized carbons (Fsp3) is 0.276. The van der Waals surface area contributed by atoms with E-state index in [0.29, 0.717) is 30.7 Å². The van der Waals surface area contributed by atoms with Crippen molar-refractivity contribution < 1.29 is 17.6 Å². The zero-order chi connectivity index (χ0) is 31.2. The van der Waals surface area contributed by atoms with Gasteiger partial charge in [-0.25, -0.2) is 27.2 Å². The third-order valence-electron chi connectivity index (χ3n) is 7.31. The molecule has 1 amide bonds. The van der Waals surface area contributed by atoms with Crippen molar-refractivity contribution in [2.45, 2.75) is 31.2 Å². The van der Waals surface area contributed by atoms with Crippen LogP contribution in [-0.4, -0.2) is 70.7 Å². The van der Waals surface area contributed by atoms with E-state index in [4.69, 9.17) is 23.2 Å². The highest BCUT2D eigenvalue weighted by atomic mass is 35.5. The molecule has 1 aromatic carbocycles. The van der Waals surface area contributed by atoms with Crippen molar-refractivity contribution in [3.8, 4) is 16.9 Å². The van der Waals surface area contributed by atoms with Gasteiger partial charge in [0.05, 0.1) is 43.0 Å². The zero-order valence-electron chi connectivity index (χ0n) is 23.5. The number of fused-ring (bicyclic) bond motifs is 1.